The Morgan fingerprint density at radius 3 is 2.68 bits per heavy atom. The summed E-state index contributed by atoms with van der Waals surface area (Å²) < 4.78 is 0. The van der Waals surface area contributed by atoms with Crippen molar-refractivity contribution in [3.8, 4) is 0 Å². The summed E-state index contributed by atoms with van der Waals surface area (Å²) in [6.45, 7) is 1.77. The lowest BCUT2D eigenvalue weighted by Crippen LogP contribution is -2.45. The molecule has 0 aromatic heterocycles. The van der Waals surface area contributed by atoms with Crippen LogP contribution in [-0.2, 0) is 14.4 Å². The Kier molecular flexibility index (Phi) is 5.80. The van der Waals surface area contributed by atoms with Gasteiger partial charge in [-0.05, 0) is 36.3 Å². The minimum Gasteiger partial charge on any atom is -0.481 e. The predicted molar refractivity (Wildman–Crippen MR) is 108 cm³/mol. The van der Waals surface area contributed by atoms with Gasteiger partial charge in [-0.1, -0.05) is 59.2 Å². The van der Waals surface area contributed by atoms with Crippen molar-refractivity contribution < 1.29 is 19.5 Å². The molecule has 1 atom stereocenters. The van der Waals surface area contributed by atoms with Crippen LogP contribution in [0, 0.1) is 6.92 Å². The molecule has 2 aromatic carbocycles. The largest absolute Gasteiger partial charge is 0.481 e. The SMILES string of the molecule is Cc1c(Cl)cccc1NC(=O)[C@]1(CC(=O)O)CC(/C=C/c2ccccc2)=NO1. The van der Waals surface area contributed by atoms with E-state index in [0.717, 1.165) is 5.56 Å². The van der Waals surface area contributed by atoms with Gasteiger partial charge >= 0.3 is 5.97 Å². The number of oxime groups is 1. The number of amides is 1. The number of rotatable bonds is 6. The Morgan fingerprint density at radius 2 is 1.96 bits per heavy atom. The number of carboxylic acid groups (broad SMARTS) is 1. The first-order chi connectivity index (χ1) is 13.4. The molecule has 144 valence electrons. The van der Waals surface area contributed by atoms with Gasteiger partial charge in [0.1, 0.15) is 0 Å². The summed E-state index contributed by atoms with van der Waals surface area (Å²) >= 11 is 6.09. The first kappa shape index (κ1) is 19.6. The molecule has 2 N–H and O–H groups in total. The molecule has 28 heavy (non-hydrogen) atoms. The number of anilines is 1. The highest BCUT2D eigenvalue weighted by Crippen LogP contribution is 2.31. The maximum Gasteiger partial charge on any atom is 0.308 e. The van der Waals surface area contributed by atoms with Crippen molar-refractivity contribution in [1.82, 2.24) is 0 Å². The second-order valence-electron chi connectivity index (χ2n) is 6.53. The number of nitrogens with zero attached hydrogens (tertiary/aromatic N) is 1. The molecule has 1 amide bonds. The van der Waals surface area contributed by atoms with Crippen LogP contribution in [0.5, 0.6) is 0 Å². The Bertz CT molecular complexity index is 956. The molecule has 0 saturated heterocycles. The molecule has 7 heteroatoms. The Labute approximate surface area is 167 Å². The van der Waals surface area contributed by atoms with Gasteiger partial charge in [-0.15, -0.1) is 0 Å². The van der Waals surface area contributed by atoms with E-state index in [9.17, 15) is 14.7 Å². The molecular formula is C21H19ClN2O4. The quantitative estimate of drug-likeness (QED) is 0.759. The highest BCUT2D eigenvalue weighted by atomic mass is 35.5. The number of carbonyl (C=O) groups excluding carboxylic acids is 1. The molecule has 0 saturated carbocycles. The van der Waals surface area contributed by atoms with E-state index in [0.29, 0.717) is 22.0 Å². The number of benzene rings is 2. The van der Waals surface area contributed by atoms with E-state index in [1.54, 1.807) is 31.2 Å². The lowest BCUT2D eigenvalue weighted by atomic mass is 9.91. The van der Waals surface area contributed by atoms with Gasteiger partial charge in [-0.25, -0.2) is 0 Å². The molecule has 0 spiro atoms. The number of hydrogen-bond donors (Lipinski definition) is 2. The molecule has 3 rings (SSSR count). The van der Waals surface area contributed by atoms with Crippen LogP contribution in [-0.4, -0.2) is 28.3 Å². The van der Waals surface area contributed by atoms with Gasteiger partial charge in [0.05, 0.1) is 12.1 Å². The van der Waals surface area contributed by atoms with E-state index in [1.807, 2.05) is 36.4 Å². The molecule has 0 radical (unpaired) electrons. The van der Waals surface area contributed by atoms with Crippen molar-refractivity contribution in [2.45, 2.75) is 25.4 Å². The first-order valence-electron chi connectivity index (χ1n) is 8.66. The average molecular weight is 399 g/mol. The summed E-state index contributed by atoms with van der Waals surface area (Å²) in [5.74, 6) is -1.73. The van der Waals surface area contributed by atoms with E-state index in [-0.39, 0.29) is 6.42 Å². The lowest BCUT2D eigenvalue weighted by molar-refractivity contribution is -0.152. The average Bonchev–Trinajstić information content (AvgIpc) is 3.08. The van der Waals surface area contributed by atoms with E-state index in [4.69, 9.17) is 16.4 Å². The normalized spacial score (nSPS) is 18.6. The van der Waals surface area contributed by atoms with Crippen molar-refractivity contribution >= 4 is 41.0 Å². The minimum absolute atomic E-state index is 0.0497. The molecule has 2 aromatic rings. The van der Waals surface area contributed by atoms with Gasteiger partial charge in [0.2, 0.25) is 5.60 Å². The topological polar surface area (TPSA) is 88.0 Å². The fraction of sp³-hybridized carbons (Fsp3) is 0.190. The zero-order valence-electron chi connectivity index (χ0n) is 15.2. The third kappa shape index (κ3) is 4.40. The zero-order chi connectivity index (χ0) is 20.1. The summed E-state index contributed by atoms with van der Waals surface area (Å²) in [5.41, 5.74) is 1.02. The van der Waals surface area contributed by atoms with Crippen LogP contribution in [0.2, 0.25) is 5.02 Å². The number of hydrogen-bond acceptors (Lipinski definition) is 4. The fourth-order valence-corrected chi connectivity index (χ4v) is 3.04. The minimum atomic E-state index is -1.61. The van der Waals surface area contributed by atoms with Gasteiger partial charge in [0.25, 0.3) is 5.91 Å². The van der Waals surface area contributed by atoms with Gasteiger partial charge in [0, 0.05) is 17.1 Å². The summed E-state index contributed by atoms with van der Waals surface area (Å²) in [6.07, 6.45) is 3.09. The summed E-state index contributed by atoms with van der Waals surface area (Å²) in [7, 11) is 0. The monoisotopic (exact) mass is 398 g/mol. The lowest BCUT2D eigenvalue weighted by Gasteiger charge is -2.24. The van der Waals surface area contributed by atoms with Crippen LogP contribution in [0.4, 0.5) is 5.69 Å². The zero-order valence-corrected chi connectivity index (χ0v) is 15.9. The van der Waals surface area contributed by atoms with Gasteiger partial charge in [-0.2, -0.15) is 0 Å². The maximum atomic E-state index is 12.9. The summed E-state index contributed by atoms with van der Waals surface area (Å²) in [6, 6.07) is 14.7. The molecule has 0 aliphatic carbocycles. The molecule has 1 heterocycles. The fourth-order valence-electron chi connectivity index (χ4n) is 2.87. The van der Waals surface area contributed by atoms with Crippen LogP contribution < -0.4 is 5.32 Å². The number of carboxylic acids is 1. The van der Waals surface area contributed by atoms with Crippen molar-refractivity contribution in [1.29, 1.82) is 0 Å². The molecular weight excluding hydrogens is 380 g/mol. The number of nitrogens with one attached hydrogen (secondary N) is 1. The van der Waals surface area contributed by atoms with Crippen molar-refractivity contribution in [3.05, 3.63) is 70.8 Å². The van der Waals surface area contributed by atoms with E-state index >= 15 is 0 Å². The Balaban J connectivity index is 1.78. The van der Waals surface area contributed by atoms with Crippen LogP contribution in [0.25, 0.3) is 6.08 Å². The third-order valence-corrected chi connectivity index (χ3v) is 4.85. The van der Waals surface area contributed by atoms with E-state index < -0.39 is 23.9 Å². The number of allylic oxidation sites excluding steroid dienone is 1. The van der Waals surface area contributed by atoms with Crippen LogP contribution >= 0.6 is 11.6 Å². The Morgan fingerprint density at radius 1 is 1.21 bits per heavy atom. The van der Waals surface area contributed by atoms with Crippen LogP contribution in [0.1, 0.15) is 24.0 Å². The second kappa shape index (κ2) is 8.27. The third-order valence-electron chi connectivity index (χ3n) is 4.44. The van der Waals surface area contributed by atoms with E-state index in [1.165, 1.54) is 0 Å². The van der Waals surface area contributed by atoms with Gasteiger partial charge in [0.15, 0.2) is 0 Å². The van der Waals surface area contributed by atoms with Crippen LogP contribution in [0.15, 0.2) is 59.8 Å². The van der Waals surface area contributed by atoms with E-state index in [2.05, 4.69) is 10.5 Å². The van der Waals surface area contributed by atoms with Gasteiger partial charge in [-0.3, -0.25) is 9.59 Å². The summed E-state index contributed by atoms with van der Waals surface area (Å²) in [4.78, 5) is 29.7. The highest BCUT2D eigenvalue weighted by molar-refractivity contribution is 6.31. The number of aliphatic carboxylic acids is 1. The molecule has 0 fully saturated rings. The number of halogens is 1. The van der Waals surface area contributed by atoms with Crippen molar-refractivity contribution in [2.75, 3.05) is 5.32 Å². The first-order valence-corrected chi connectivity index (χ1v) is 9.04. The highest BCUT2D eigenvalue weighted by Gasteiger charge is 2.48. The maximum absolute atomic E-state index is 12.9. The standard InChI is InChI=1S/C21H19ClN2O4/c1-14-17(22)8-5-9-18(14)23-20(27)21(13-19(25)26)12-16(24-28-21)11-10-15-6-3-2-4-7-15/h2-11H,12-13H2,1H3,(H,23,27)(H,25,26)/b11-10+/t21-/m1/s1. The predicted octanol–water partition coefficient (Wildman–Crippen LogP) is 4.29. The van der Waals surface area contributed by atoms with Crippen LogP contribution in [0.3, 0.4) is 0 Å². The van der Waals surface area contributed by atoms with Crippen molar-refractivity contribution in [3.63, 3.8) is 0 Å². The Hall–Kier alpha value is -3.12. The molecule has 1 aliphatic rings. The molecule has 1 aliphatic heterocycles. The van der Waals surface area contributed by atoms with Gasteiger partial charge < -0.3 is 15.3 Å². The molecule has 6 nitrogen and oxygen atoms in total. The summed E-state index contributed by atoms with van der Waals surface area (Å²) in [5, 5.41) is 16.5. The number of carbonyl (C=O) groups is 2. The second-order valence-corrected chi connectivity index (χ2v) is 6.93. The molecule has 0 bridgehead atoms. The molecule has 0 unspecified atom stereocenters. The van der Waals surface area contributed by atoms with Crippen molar-refractivity contribution in [2.24, 2.45) is 5.16 Å². The smallest absolute Gasteiger partial charge is 0.308 e.